The first-order valence-electron chi connectivity index (χ1n) is 6.81. The SMILES string of the molecule is CC1(C)Cc2cc(C(O)c3cccc(F)c3Cl)ccc2O1. The quantitative estimate of drug-likeness (QED) is 0.897. The van der Waals surface area contributed by atoms with Gasteiger partial charge in [-0.05, 0) is 43.2 Å². The van der Waals surface area contributed by atoms with E-state index < -0.39 is 11.9 Å². The predicted octanol–water partition coefficient (Wildman–Crippen LogP) is 4.27. The van der Waals surface area contributed by atoms with E-state index in [1.54, 1.807) is 18.2 Å². The highest BCUT2D eigenvalue weighted by Crippen LogP contribution is 2.38. The Bertz CT molecular complexity index is 697. The van der Waals surface area contributed by atoms with E-state index in [4.69, 9.17) is 16.3 Å². The maximum absolute atomic E-state index is 13.5. The molecule has 1 heterocycles. The molecule has 2 nitrogen and oxygen atoms in total. The summed E-state index contributed by atoms with van der Waals surface area (Å²) >= 11 is 5.94. The van der Waals surface area contributed by atoms with Crippen LogP contribution in [0, 0.1) is 5.82 Å². The minimum Gasteiger partial charge on any atom is -0.487 e. The molecule has 0 radical (unpaired) electrons. The van der Waals surface area contributed by atoms with Crippen LogP contribution in [0.3, 0.4) is 0 Å². The fourth-order valence-electron chi connectivity index (χ4n) is 2.71. The molecule has 0 saturated heterocycles. The van der Waals surface area contributed by atoms with E-state index in [-0.39, 0.29) is 10.6 Å². The number of hydrogen-bond donors (Lipinski definition) is 1. The molecule has 1 atom stereocenters. The number of hydrogen-bond acceptors (Lipinski definition) is 2. The summed E-state index contributed by atoms with van der Waals surface area (Å²) in [5, 5.41) is 10.4. The van der Waals surface area contributed by atoms with Crippen molar-refractivity contribution in [3.8, 4) is 5.75 Å². The first kappa shape index (κ1) is 14.4. The van der Waals surface area contributed by atoms with Gasteiger partial charge in [0.25, 0.3) is 0 Å². The van der Waals surface area contributed by atoms with Crippen molar-refractivity contribution in [2.45, 2.75) is 32.0 Å². The van der Waals surface area contributed by atoms with Crippen LogP contribution in [0.2, 0.25) is 5.02 Å². The Hall–Kier alpha value is -1.58. The van der Waals surface area contributed by atoms with Crippen LogP contribution < -0.4 is 4.74 Å². The van der Waals surface area contributed by atoms with Gasteiger partial charge in [-0.3, -0.25) is 0 Å². The lowest BCUT2D eigenvalue weighted by atomic mass is 9.96. The lowest BCUT2D eigenvalue weighted by Gasteiger charge is -2.16. The number of benzene rings is 2. The van der Waals surface area contributed by atoms with Crippen LogP contribution in [0.15, 0.2) is 36.4 Å². The third kappa shape index (κ3) is 2.63. The molecule has 0 saturated carbocycles. The van der Waals surface area contributed by atoms with Crippen LogP contribution in [0.4, 0.5) is 4.39 Å². The first-order valence-corrected chi connectivity index (χ1v) is 7.19. The Kier molecular flexibility index (Phi) is 3.42. The van der Waals surface area contributed by atoms with Gasteiger partial charge in [0.05, 0.1) is 5.02 Å². The highest BCUT2D eigenvalue weighted by atomic mass is 35.5. The number of ether oxygens (including phenoxy) is 1. The summed E-state index contributed by atoms with van der Waals surface area (Å²) in [5.41, 5.74) is 1.86. The lowest BCUT2D eigenvalue weighted by molar-refractivity contribution is 0.138. The number of rotatable bonds is 2. The summed E-state index contributed by atoms with van der Waals surface area (Å²) in [5.74, 6) is 0.306. The molecule has 0 spiro atoms. The van der Waals surface area contributed by atoms with Gasteiger partial charge in [0.2, 0.25) is 0 Å². The van der Waals surface area contributed by atoms with E-state index in [9.17, 15) is 9.50 Å². The van der Waals surface area contributed by atoms with E-state index >= 15 is 0 Å². The molecule has 1 aliphatic rings. The molecule has 1 unspecified atom stereocenters. The normalized spacial score (nSPS) is 17.2. The topological polar surface area (TPSA) is 29.5 Å². The van der Waals surface area contributed by atoms with Gasteiger partial charge in [-0.1, -0.05) is 29.8 Å². The zero-order chi connectivity index (χ0) is 15.2. The van der Waals surface area contributed by atoms with Crippen molar-refractivity contribution in [3.63, 3.8) is 0 Å². The fourth-order valence-corrected chi connectivity index (χ4v) is 2.94. The summed E-state index contributed by atoms with van der Waals surface area (Å²) in [6, 6.07) is 9.97. The van der Waals surface area contributed by atoms with E-state index in [1.165, 1.54) is 6.07 Å². The molecule has 0 bridgehead atoms. The fraction of sp³-hybridized carbons (Fsp3) is 0.294. The van der Waals surface area contributed by atoms with Crippen molar-refractivity contribution in [2.24, 2.45) is 0 Å². The third-order valence-electron chi connectivity index (χ3n) is 3.68. The maximum atomic E-state index is 13.5. The molecule has 2 aromatic rings. The van der Waals surface area contributed by atoms with Crippen molar-refractivity contribution in [1.82, 2.24) is 0 Å². The molecule has 3 rings (SSSR count). The Labute approximate surface area is 128 Å². The molecule has 0 aliphatic carbocycles. The van der Waals surface area contributed by atoms with Crippen molar-refractivity contribution >= 4 is 11.6 Å². The minimum absolute atomic E-state index is 0.0397. The monoisotopic (exact) mass is 306 g/mol. The summed E-state index contributed by atoms with van der Waals surface area (Å²) in [7, 11) is 0. The Balaban J connectivity index is 1.97. The average Bonchev–Trinajstić information content (AvgIpc) is 2.73. The Morgan fingerprint density at radius 2 is 2.05 bits per heavy atom. The summed E-state index contributed by atoms with van der Waals surface area (Å²) < 4.78 is 19.3. The van der Waals surface area contributed by atoms with Crippen LogP contribution in [0.5, 0.6) is 5.75 Å². The van der Waals surface area contributed by atoms with E-state index in [0.29, 0.717) is 11.1 Å². The standard InChI is InChI=1S/C17H16ClFO2/c1-17(2)9-11-8-10(6-7-14(11)21-17)16(20)12-4-3-5-13(19)15(12)18/h3-8,16,20H,9H2,1-2H3. The van der Waals surface area contributed by atoms with Crippen LogP contribution >= 0.6 is 11.6 Å². The number of aliphatic hydroxyl groups excluding tert-OH is 1. The summed E-state index contributed by atoms with van der Waals surface area (Å²) in [6.45, 7) is 4.04. The second-order valence-electron chi connectivity index (χ2n) is 5.95. The summed E-state index contributed by atoms with van der Waals surface area (Å²) in [6.07, 6.45) is -0.179. The molecular weight excluding hydrogens is 291 g/mol. The van der Waals surface area contributed by atoms with Gasteiger partial charge in [0, 0.05) is 12.0 Å². The molecule has 4 heteroatoms. The summed E-state index contributed by atoms with van der Waals surface area (Å²) in [4.78, 5) is 0. The zero-order valence-corrected chi connectivity index (χ0v) is 12.6. The number of halogens is 2. The van der Waals surface area contributed by atoms with E-state index in [1.807, 2.05) is 26.0 Å². The molecule has 1 N–H and O–H groups in total. The average molecular weight is 307 g/mol. The zero-order valence-electron chi connectivity index (χ0n) is 11.9. The highest BCUT2D eigenvalue weighted by molar-refractivity contribution is 6.31. The van der Waals surface area contributed by atoms with Crippen LogP contribution in [0.25, 0.3) is 0 Å². The van der Waals surface area contributed by atoms with Gasteiger partial charge in [0.15, 0.2) is 0 Å². The number of aliphatic hydroxyl groups is 1. The van der Waals surface area contributed by atoms with Gasteiger partial charge >= 0.3 is 0 Å². The molecule has 0 amide bonds. The molecule has 2 aromatic carbocycles. The van der Waals surface area contributed by atoms with Gasteiger partial charge in [-0.2, -0.15) is 0 Å². The van der Waals surface area contributed by atoms with E-state index in [2.05, 4.69) is 0 Å². The Morgan fingerprint density at radius 1 is 1.29 bits per heavy atom. The van der Waals surface area contributed by atoms with Gasteiger partial charge in [-0.15, -0.1) is 0 Å². The lowest BCUT2D eigenvalue weighted by Crippen LogP contribution is -2.24. The molecular formula is C17H16ClFO2. The van der Waals surface area contributed by atoms with Gasteiger partial charge in [0.1, 0.15) is 23.3 Å². The second-order valence-corrected chi connectivity index (χ2v) is 6.33. The second kappa shape index (κ2) is 5.00. The van der Waals surface area contributed by atoms with Crippen molar-refractivity contribution < 1.29 is 14.2 Å². The largest absolute Gasteiger partial charge is 0.487 e. The van der Waals surface area contributed by atoms with E-state index in [0.717, 1.165) is 17.7 Å². The van der Waals surface area contributed by atoms with Crippen molar-refractivity contribution in [1.29, 1.82) is 0 Å². The highest BCUT2D eigenvalue weighted by Gasteiger charge is 2.30. The predicted molar refractivity (Wildman–Crippen MR) is 80.3 cm³/mol. The van der Waals surface area contributed by atoms with Crippen LogP contribution in [-0.2, 0) is 6.42 Å². The number of fused-ring (bicyclic) bond motifs is 1. The molecule has 1 aliphatic heterocycles. The van der Waals surface area contributed by atoms with Crippen molar-refractivity contribution in [3.05, 3.63) is 63.9 Å². The van der Waals surface area contributed by atoms with Crippen LogP contribution in [0.1, 0.15) is 36.6 Å². The smallest absolute Gasteiger partial charge is 0.142 e. The van der Waals surface area contributed by atoms with Crippen LogP contribution in [-0.4, -0.2) is 10.7 Å². The molecule has 0 fully saturated rings. The molecule has 110 valence electrons. The van der Waals surface area contributed by atoms with Crippen molar-refractivity contribution in [2.75, 3.05) is 0 Å². The molecule has 0 aromatic heterocycles. The Morgan fingerprint density at radius 3 is 2.81 bits per heavy atom. The van der Waals surface area contributed by atoms with Gasteiger partial charge in [-0.25, -0.2) is 4.39 Å². The first-order chi connectivity index (χ1) is 9.87. The maximum Gasteiger partial charge on any atom is 0.142 e. The third-order valence-corrected chi connectivity index (χ3v) is 4.08. The molecule has 21 heavy (non-hydrogen) atoms. The minimum atomic E-state index is -0.956. The van der Waals surface area contributed by atoms with Gasteiger partial charge < -0.3 is 9.84 Å².